The predicted molar refractivity (Wildman–Crippen MR) is 71.9 cm³/mol. The number of benzene rings is 1. The topological polar surface area (TPSA) is 31.0 Å². The Morgan fingerprint density at radius 3 is 2.95 bits per heavy atom. The molecule has 0 unspecified atom stereocenters. The molecular weight excluding hydrogens is 267 g/mol. The first kappa shape index (κ1) is 12.2. The second kappa shape index (κ2) is 5.05. The van der Waals surface area contributed by atoms with Gasteiger partial charge in [-0.05, 0) is 18.2 Å². The number of hydrogen-bond donors (Lipinski definition) is 0. The SMILES string of the molecule is Fc1ccc2c(c1)nc(CCCl)n2Cc1ccoc1. The van der Waals surface area contributed by atoms with Crippen molar-refractivity contribution in [3.05, 3.63) is 54.0 Å². The van der Waals surface area contributed by atoms with Crippen LogP contribution in [0, 0.1) is 5.82 Å². The van der Waals surface area contributed by atoms with E-state index in [0.29, 0.717) is 24.4 Å². The third-order valence-corrected chi connectivity index (χ3v) is 3.22. The molecule has 0 N–H and O–H groups in total. The van der Waals surface area contributed by atoms with Gasteiger partial charge >= 0.3 is 0 Å². The minimum Gasteiger partial charge on any atom is -0.472 e. The number of aromatic nitrogens is 2. The summed E-state index contributed by atoms with van der Waals surface area (Å²) in [4.78, 5) is 4.45. The van der Waals surface area contributed by atoms with Gasteiger partial charge in [0, 0.05) is 23.9 Å². The Bertz CT molecular complexity index is 691. The summed E-state index contributed by atoms with van der Waals surface area (Å²) in [5.74, 6) is 1.06. The van der Waals surface area contributed by atoms with Gasteiger partial charge < -0.3 is 8.98 Å². The number of nitrogens with zero attached hydrogens (tertiary/aromatic N) is 2. The highest BCUT2D eigenvalue weighted by molar-refractivity contribution is 6.17. The van der Waals surface area contributed by atoms with Crippen LogP contribution in [0.5, 0.6) is 0 Å². The summed E-state index contributed by atoms with van der Waals surface area (Å²) in [6, 6.07) is 6.54. The van der Waals surface area contributed by atoms with Crippen LogP contribution in [0.25, 0.3) is 11.0 Å². The van der Waals surface area contributed by atoms with E-state index in [9.17, 15) is 4.39 Å². The van der Waals surface area contributed by atoms with Gasteiger partial charge in [0.15, 0.2) is 0 Å². The van der Waals surface area contributed by atoms with Gasteiger partial charge in [-0.3, -0.25) is 0 Å². The zero-order valence-corrected chi connectivity index (χ0v) is 10.9. The Morgan fingerprint density at radius 1 is 1.32 bits per heavy atom. The fourth-order valence-electron chi connectivity index (χ4n) is 2.17. The molecular formula is C14H12ClFN2O. The summed E-state index contributed by atoms with van der Waals surface area (Å²) in [6.45, 7) is 0.644. The van der Waals surface area contributed by atoms with Crippen LogP contribution in [0.15, 0.2) is 41.2 Å². The van der Waals surface area contributed by atoms with Gasteiger partial charge in [-0.2, -0.15) is 0 Å². The van der Waals surface area contributed by atoms with Crippen LogP contribution in [-0.2, 0) is 13.0 Å². The molecule has 0 atom stereocenters. The van der Waals surface area contributed by atoms with Gasteiger partial charge in [0.1, 0.15) is 11.6 Å². The van der Waals surface area contributed by atoms with E-state index in [1.54, 1.807) is 18.6 Å². The van der Waals surface area contributed by atoms with Gasteiger partial charge in [-0.15, -0.1) is 11.6 Å². The maximum absolute atomic E-state index is 13.3. The van der Waals surface area contributed by atoms with Crippen molar-refractivity contribution in [2.75, 3.05) is 5.88 Å². The molecule has 0 bridgehead atoms. The quantitative estimate of drug-likeness (QED) is 0.683. The fraction of sp³-hybridized carbons (Fsp3) is 0.214. The summed E-state index contributed by atoms with van der Waals surface area (Å²) < 4.78 is 20.4. The highest BCUT2D eigenvalue weighted by atomic mass is 35.5. The van der Waals surface area contributed by atoms with Gasteiger partial charge in [0.2, 0.25) is 0 Å². The minimum atomic E-state index is -0.280. The van der Waals surface area contributed by atoms with Crippen molar-refractivity contribution in [1.29, 1.82) is 0 Å². The highest BCUT2D eigenvalue weighted by Gasteiger charge is 2.11. The maximum atomic E-state index is 13.3. The Labute approximate surface area is 114 Å². The van der Waals surface area contributed by atoms with Gasteiger partial charge in [-0.1, -0.05) is 0 Å². The van der Waals surface area contributed by atoms with Crippen molar-refractivity contribution < 1.29 is 8.81 Å². The van der Waals surface area contributed by atoms with Gasteiger partial charge in [0.05, 0.1) is 30.1 Å². The summed E-state index contributed by atoms with van der Waals surface area (Å²) in [7, 11) is 0. The molecule has 3 rings (SSSR count). The van der Waals surface area contributed by atoms with E-state index in [2.05, 4.69) is 4.98 Å². The van der Waals surface area contributed by atoms with Crippen molar-refractivity contribution >= 4 is 22.6 Å². The van der Waals surface area contributed by atoms with Crippen LogP contribution in [0.4, 0.5) is 4.39 Å². The monoisotopic (exact) mass is 278 g/mol. The van der Waals surface area contributed by atoms with E-state index in [1.165, 1.54) is 12.1 Å². The van der Waals surface area contributed by atoms with Crippen molar-refractivity contribution in [2.45, 2.75) is 13.0 Å². The van der Waals surface area contributed by atoms with Crippen LogP contribution in [0.2, 0.25) is 0 Å². The first-order chi connectivity index (χ1) is 9.28. The Morgan fingerprint density at radius 2 is 2.21 bits per heavy atom. The molecule has 0 fully saturated rings. The summed E-state index contributed by atoms with van der Waals surface area (Å²) in [5.41, 5.74) is 2.60. The predicted octanol–water partition coefficient (Wildman–Crippen LogP) is 3.60. The number of alkyl halides is 1. The number of imidazole rings is 1. The van der Waals surface area contributed by atoms with Crippen molar-refractivity contribution in [2.24, 2.45) is 0 Å². The van der Waals surface area contributed by atoms with Crippen LogP contribution in [0.3, 0.4) is 0 Å². The highest BCUT2D eigenvalue weighted by Crippen LogP contribution is 2.20. The van der Waals surface area contributed by atoms with Crippen LogP contribution < -0.4 is 0 Å². The Kier molecular flexibility index (Phi) is 3.25. The van der Waals surface area contributed by atoms with Crippen LogP contribution in [0.1, 0.15) is 11.4 Å². The molecule has 0 aliphatic heterocycles. The van der Waals surface area contributed by atoms with Gasteiger partial charge in [0.25, 0.3) is 0 Å². The number of rotatable bonds is 4. The van der Waals surface area contributed by atoms with Crippen LogP contribution in [-0.4, -0.2) is 15.4 Å². The number of hydrogen-bond acceptors (Lipinski definition) is 2. The number of fused-ring (bicyclic) bond motifs is 1. The molecule has 0 aliphatic carbocycles. The maximum Gasteiger partial charge on any atom is 0.125 e. The molecule has 1 aromatic carbocycles. The van der Waals surface area contributed by atoms with Crippen LogP contribution >= 0.6 is 11.6 Å². The smallest absolute Gasteiger partial charge is 0.125 e. The average molecular weight is 279 g/mol. The number of halogens is 2. The summed E-state index contributed by atoms with van der Waals surface area (Å²) >= 11 is 5.80. The lowest BCUT2D eigenvalue weighted by Crippen LogP contribution is -2.05. The molecule has 3 aromatic rings. The van der Waals surface area contributed by atoms with Crippen molar-refractivity contribution in [3.8, 4) is 0 Å². The first-order valence-corrected chi connectivity index (χ1v) is 6.53. The summed E-state index contributed by atoms with van der Waals surface area (Å²) in [5, 5.41) is 0. The Hall–Kier alpha value is -1.81. The van der Waals surface area contributed by atoms with E-state index in [1.807, 2.05) is 10.6 Å². The third-order valence-electron chi connectivity index (χ3n) is 3.03. The zero-order chi connectivity index (χ0) is 13.2. The van der Waals surface area contributed by atoms with E-state index < -0.39 is 0 Å². The van der Waals surface area contributed by atoms with E-state index in [-0.39, 0.29) is 5.82 Å². The summed E-state index contributed by atoms with van der Waals surface area (Å²) in [6.07, 6.45) is 3.98. The Balaban J connectivity index is 2.10. The molecule has 98 valence electrons. The molecule has 2 heterocycles. The fourth-order valence-corrected chi connectivity index (χ4v) is 2.34. The normalized spacial score (nSPS) is 11.3. The molecule has 0 spiro atoms. The van der Waals surface area contributed by atoms with Gasteiger partial charge in [-0.25, -0.2) is 9.37 Å². The zero-order valence-electron chi connectivity index (χ0n) is 10.1. The van der Waals surface area contributed by atoms with Crippen molar-refractivity contribution in [1.82, 2.24) is 9.55 Å². The number of aryl methyl sites for hydroxylation is 1. The lowest BCUT2D eigenvalue weighted by molar-refractivity contribution is 0.562. The molecule has 19 heavy (non-hydrogen) atoms. The molecule has 5 heteroatoms. The average Bonchev–Trinajstić information content (AvgIpc) is 2.99. The van der Waals surface area contributed by atoms with E-state index in [4.69, 9.17) is 16.0 Å². The molecule has 0 amide bonds. The third kappa shape index (κ3) is 2.36. The first-order valence-electron chi connectivity index (χ1n) is 5.99. The number of furan rings is 1. The lowest BCUT2D eigenvalue weighted by atomic mass is 10.3. The second-order valence-corrected chi connectivity index (χ2v) is 4.70. The molecule has 2 aromatic heterocycles. The molecule has 3 nitrogen and oxygen atoms in total. The largest absolute Gasteiger partial charge is 0.472 e. The van der Waals surface area contributed by atoms with E-state index in [0.717, 1.165) is 16.9 Å². The second-order valence-electron chi connectivity index (χ2n) is 4.32. The standard InChI is InChI=1S/C14H12ClFN2O/c15-5-3-14-17-12-7-11(16)1-2-13(12)18(14)8-10-4-6-19-9-10/h1-2,4,6-7,9H,3,5,8H2. The van der Waals surface area contributed by atoms with Crippen molar-refractivity contribution in [3.63, 3.8) is 0 Å². The van der Waals surface area contributed by atoms with E-state index >= 15 is 0 Å². The molecule has 0 saturated heterocycles. The molecule has 0 aliphatic rings. The minimum absolute atomic E-state index is 0.280. The lowest BCUT2D eigenvalue weighted by Gasteiger charge is -2.06. The molecule has 0 saturated carbocycles. The molecule has 0 radical (unpaired) electrons.